The number of rotatable bonds is 2. The molecule has 86 valence electrons. The molecule has 2 rings (SSSR count). The van der Waals surface area contributed by atoms with E-state index in [1.54, 1.807) is 17.8 Å². The van der Waals surface area contributed by atoms with E-state index in [0.29, 0.717) is 5.75 Å². The summed E-state index contributed by atoms with van der Waals surface area (Å²) in [6, 6.07) is 6.63. The molecule has 1 fully saturated rings. The van der Waals surface area contributed by atoms with Crippen LogP contribution in [0.3, 0.4) is 0 Å². The van der Waals surface area contributed by atoms with Crippen LogP contribution in [0.5, 0.6) is 0 Å². The summed E-state index contributed by atoms with van der Waals surface area (Å²) in [6.45, 7) is 3.96. The minimum Gasteiger partial charge on any atom is -0.323 e. The van der Waals surface area contributed by atoms with E-state index in [9.17, 15) is 9.18 Å². The maximum atomic E-state index is 13.1. The summed E-state index contributed by atoms with van der Waals surface area (Å²) in [7, 11) is 0. The summed E-state index contributed by atoms with van der Waals surface area (Å²) in [6.07, 6.45) is 0. The first-order chi connectivity index (χ1) is 7.59. The van der Waals surface area contributed by atoms with E-state index in [2.05, 4.69) is 0 Å². The first kappa shape index (κ1) is 11.5. The van der Waals surface area contributed by atoms with Gasteiger partial charge in [-0.3, -0.25) is 4.79 Å². The lowest BCUT2D eigenvalue weighted by Gasteiger charge is -2.28. The molecular formula is C12H14FNOS. The van der Waals surface area contributed by atoms with E-state index in [-0.39, 0.29) is 23.1 Å². The first-order valence-electron chi connectivity index (χ1n) is 5.28. The second-order valence-electron chi connectivity index (χ2n) is 4.11. The normalized spacial score (nSPS) is 20.9. The van der Waals surface area contributed by atoms with Gasteiger partial charge in [-0.25, -0.2) is 4.39 Å². The molecule has 0 saturated carbocycles. The number of benzene rings is 1. The Balaban J connectivity index is 2.30. The average Bonchev–Trinajstić information content (AvgIpc) is 2.60. The second kappa shape index (κ2) is 4.45. The number of carbonyl (C=O) groups is 1. The minimum absolute atomic E-state index is 0.0387. The number of amides is 1. The summed E-state index contributed by atoms with van der Waals surface area (Å²) in [5.74, 6) is 0.370. The third kappa shape index (κ3) is 2.07. The lowest BCUT2D eigenvalue weighted by Crippen LogP contribution is -2.34. The molecule has 1 aliphatic rings. The first-order valence-corrected chi connectivity index (χ1v) is 6.32. The van der Waals surface area contributed by atoms with Gasteiger partial charge in [0, 0.05) is 6.04 Å². The third-order valence-corrected chi connectivity index (χ3v) is 3.82. The number of thioether (sulfide) groups is 1. The van der Waals surface area contributed by atoms with Crippen molar-refractivity contribution in [3.05, 3.63) is 35.6 Å². The topological polar surface area (TPSA) is 20.3 Å². The maximum absolute atomic E-state index is 13.1. The van der Waals surface area contributed by atoms with E-state index in [0.717, 1.165) is 5.56 Å². The molecular weight excluding hydrogens is 225 g/mol. The Morgan fingerprint density at radius 3 is 2.88 bits per heavy atom. The molecule has 16 heavy (non-hydrogen) atoms. The van der Waals surface area contributed by atoms with Crippen molar-refractivity contribution < 1.29 is 9.18 Å². The molecule has 4 heteroatoms. The quantitative estimate of drug-likeness (QED) is 0.791. The Morgan fingerprint density at radius 2 is 2.25 bits per heavy atom. The zero-order valence-corrected chi connectivity index (χ0v) is 10.1. The molecule has 1 atom stereocenters. The Hall–Kier alpha value is -1.03. The van der Waals surface area contributed by atoms with Crippen molar-refractivity contribution in [3.8, 4) is 0 Å². The van der Waals surface area contributed by atoms with E-state index >= 15 is 0 Å². The fourth-order valence-corrected chi connectivity index (χ4v) is 3.22. The molecule has 2 nitrogen and oxygen atoms in total. The highest BCUT2D eigenvalue weighted by Crippen LogP contribution is 2.39. The van der Waals surface area contributed by atoms with Gasteiger partial charge >= 0.3 is 0 Å². The second-order valence-corrected chi connectivity index (χ2v) is 5.18. The fourth-order valence-electron chi connectivity index (χ4n) is 1.91. The Kier molecular flexibility index (Phi) is 3.19. The van der Waals surface area contributed by atoms with Crippen LogP contribution in [-0.4, -0.2) is 22.6 Å². The van der Waals surface area contributed by atoms with E-state index in [4.69, 9.17) is 0 Å². The highest BCUT2D eigenvalue weighted by Gasteiger charge is 2.34. The van der Waals surface area contributed by atoms with E-state index in [1.807, 2.05) is 24.8 Å². The van der Waals surface area contributed by atoms with Crippen LogP contribution in [0.25, 0.3) is 0 Å². The van der Waals surface area contributed by atoms with Crippen molar-refractivity contribution in [1.82, 2.24) is 4.90 Å². The van der Waals surface area contributed by atoms with Gasteiger partial charge in [-0.2, -0.15) is 0 Å². The summed E-state index contributed by atoms with van der Waals surface area (Å²) in [5.41, 5.74) is 0.865. The van der Waals surface area contributed by atoms with Crippen LogP contribution >= 0.6 is 11.8 Å². The van der Waals surface area contributed by atoms with Crippen molar-refractivity contribution in [2.45, 2.75) is 25.3 Å². The third-order valence-electron chi connectivity index (χ3n) is 2.60. The van der Waals surface area contributed by atoms with Crippen LogP contribution in [0.1, 0.15) is 24.8 Å². The minimum atomic E-state index is -0.249. The zero-order valence-electron chi connectivity index (χ0n) is 9.31. The van der Waals surface area contributed by atoms with Gasteiger partial charge in [0.1, 0.15) is 11.2 Å². The van der Waals surface area contributed by atoms with Gasteiger partial charge in [-0.1, -0.05) is 12.1 Å². The number of halogens is 1. The van der Waals surface area contributed by atoms with Crippen LogP contribution in [0, 0.1) is 5.82 Å². The van der Waals surface area contributed by atoms with Gasteiger partial charge in [0.25, 0.3) is 0 Å². The fraction of sp³-hybridized carbons (Fsp3) is 0.417. The molecule has 0 radical (unpaired) electrons. The van der Waals surface area contributed by atoms with Gasteiger partial charge in [0.2, 0.25) is 5.91 Å². The number of nitrogens with zero attached hydrogens (tertiary/aromatic N) is 1. The van der Waals surface area contributed by atoms with Crippen LogP contribution in [-0.2, 0) is 4.79 Å². The molecule has 1 saturated heterocycles. The molecule has 1 heterocycles. The van der Waals surface area contributed by atoms with Gasteiger partial charge in [0.15, 0.2) is 0 Å². The predicted molar refractivity (Wildman–Crippen MR) is 63.6 cm³/mol. The van der Waals surface area contributed by atoms with E-state index < -0.39 is 0 Å². The van der Waals surface area contributed by atoms with Crippen molar-refractivity contribution in [2.75, 3.05) is 5.75 Å². The van der Waals surface area contributed by atoms with E-state index in [1.165, 1.54) is 12.1 Å². The molecule has 1 unspecified atom stereocenters. The van der Waals surface area contributed by atoms with Crippen LogP contribution < -0.4 is 0 Å². The average molecular weight is 239 g/mol. The Morgan fingerprint density at radius 1 is 1.50 bits per heavy atom. The summed E-state index contributed by atoms with van der Waals surface area (Å²) < 4.78 is 13.1. The smallest absolute Gasteiger partial charge is 0.234 e. The van der Waals surface area contributed by atoms with Gasteiger partial charge in [0.05, 0.1) is 5.75 Å². The molecule has 0 aromatic heterocycles. The molecule has 1 amide bonds. The SMILES string of the molecule is CC(C)N1C(=O)CSC1c1cccc(F)c1. The van der Waals surface area contributed by atoms with Crippen molar-refractivity contribution >= 4 is 17.7 Å². The number of hydrogen-bond donors (Lipinski definition) is 0. The Bertz CT molecular complexity index is 408. The van der Waals surface area contributed by atoms with Crippen LogP contribution in [0.15, 0.2) is 24.3 Å². The van der Waals surface area contributed by atoms with Crippen molar-refractivity contribution in [2.24, 2.45) is 0 Å². The molecule has 0 aliphatic carbocycles. The molecule has 0 spiro atoms. The highest BCUT2D eigenvalue weighted by molar-refractivity contribution is 8.00. The lowest BCUT2D eigenvalue weighted by molar-refractivity contribution is -0.129. The maximum Gasteiger partial charge on any atom is 0.234 e. The van der Waals surface area contributed by atoms with Crippen molar-refractivity contribution in [1.29, 1.82) is 0 Å². The standard InChI is InChI=1S/C12H14FNOS/c1-8(2)14-11(15)7-16-12(14)9-4-3-5-10(13)6-9/h3-6,8,12H,7H2,1-2H3. The summed E-state index contributed by atoms with van der Waals surface area (Å²) in [5, 5.41) is -0.0387. The molecule has 1 aromatic carbocycles. The van der Waals surface area contributed by atoms with Crippen LogP contribution in [0.4, 0.5) is 4.39 Å². The van der Waals surface area contributed by atoms with Gasteiger partial charge in [-0.05, 0) is 31.5 Å². The summed E-state index contributed by atoms with van der Waals surface area (Å²) in [4.78, 5) is 13.5. The molecule has 1 aromatic rings. The molecule has 1 aliphatic heterocycles. The largest absolute Gasteiger partial charge is 0.323 e. The Labute approximate surface area is 98.8 Å². The highest BCUT2D eigenvalue weighted by atomic mass is 32.2. The van der Waals surface area contributed by atoms with Gasteiger partial charge in [-0.15, -0.1) is 11.8 Å². The number of hydrogen-bond acceptors (Lipinski definition) is 2. The van der Waals surface area contributed by atoms with Crippen LogP contribution in [0.2, 0.25) is 0 Å². The molecule has 0 N–H and O–H groups in total. The molecule has 0 bridgehead atoms. The zero-order chi connectivity index (χ0) is 11.7. The van der Waals surface area contributed by atoms with Gasteiger partial charge < -0.3 is 4.90 Å². The number of carbonyl (C=O) groups excluding carboxylic acids is 1. The van der Waals surface area contributed by atoms with Crippen molar-refractivity contribution in [3.63, 3.8) is 0 Å². The summed E-state index contributed by atoms with van der Waals surface area (Å²) >= 11 is 1.56. The lowest BCUT2D eigenvalue weighted by atomic mass is 10.2. The monoisotopic (exact) mass is 239 g/mol. The predicted octanol–water partition coefficient (Wildman–Crippen LogP) is 2.81.